The average molecular weight is 453 g/mol. The van der Waals surface area contributed by atoms with Gasteiger partial charge in [0.2, 0.25) is 5.91 Å². The molecule has 1 atom stereocenters. The number of phenolic OH excluding ortho intramolecular Hbond substituents is 1. The summed E-state index contributed by atoms with van der Waals surface area (Å²) in [5, 5.41) is 22.5. The van der Waals surface area contributed by atoms with Gasteiger partial charge in [0.15, 0.2) is 0 Å². The van der Waals surface area contributed by atoms with Gasteiger partial charge in [-0.1, -0.05) is 97.1 Å². The van der Waals surface area contributed by atoms with E-state index in [9.17, 15) is 20.0 Å². The lowest BCUT2D eigenvalue weighted by molar-refractivity contribution is -0.385. The van der Waals surface area contributed by atoms with Gasteiger partial charge in [-0.05, 0) is 17.2 Å². The van der Waals surface area contributed by atoms with E-state index in [-0.39, 0.29) is 22.9 Å². The van der Waals surface area contributed by atoms with E-state index in [0.717, 1.165) is 11.1 Å². The number of rotatable bonds is 8. The molecule has 0 aliphatic rings. The minimum absolute atomic E-state index is 0.0848. The van der Waals surface area contributed by atoms with Crippen molar-refractivity contribution in [2.24, 2.45) is 0 Å². The molecule has 4 rings (SSSR count). The van der Waals surface area contributed by atoms with Crippen LogP contribution >= 0.6 is 0 Å². The highest BCUT2D eigenvalue weighted by atomic mass is 16.6. The van der Waals surface area contributed by atoms with Gasteiger partial charge in [-0.2, -0.15) is 0 Å². The molecule has 0 bridgehead atoms. The summed E-state index contributed by atoms with van der Waals surface area (Å²) >= 11 is 0. The zero-order valence-electron chi connectivity index (χ0n) is 18.5. The largest absolute Gasteiger partial charge is 0.508 e. The van der Waals surface area contributed by atoms with Crippen LogP contribution in [0.2, 0.25) is 0 Å². The molecule has 0 heterocycles. The zero-order valence-corrected chi connectivity index (χ0v) is 18.5. The highest BCUT2D eigenvalue weighted by Crippen LogP contribution is 2.37. The van der Waals surface area contributed by atoms with Crippen molar-refractivity contribution in [2.75, 3.05) is 0 Å². The van der Waals surface area contributed by atoms with Gasteiger partial charge in [-0.15, -0.1) is 0 Å². The van der Waals surface area contributed by atoms with Crippen LogP contribution in [0.5, 0.6) is 5.75 Å². The van der Waals surface area contributed by atoms with E-state index in [4.69, 9.17) is 0 Å². The monoisotopic (exact) mass is 452 g/mol. The first-order valence-electron chi connectivity index (χ1n) is 10.9. The van der Waals surface area contributed by atoms with Gasteiger partial charge in [-0.3, -0.25) is 14.9 Å². The van der Waals surface area contributed by atoms with Crippen LogP contribution in [0.4, 0.5) is 5.69 Å². The molecular weight excluding hydrogens is 428 g/mol. The van der Waals surface area contributed by atoms with Crippen LogP contribution in [0.1, 0.15) is 28.2 Å². The Morgan fingerprint density at radius 3 is 1.74 bits per heavy atom. The first-order chi connectivity index (χ1) is 16.5. The summed E-state index contributed by atoms with van der Waals surface area (Å²) in [5.74, 6) is -1.46. The van der Waals surface area contributed by atoms with Crippen LogP contribution in [0.15, 0.2) is 109 Å². The summed E-state index contributed by atoms with van der Waals surface area (Å²) < 4.78 is 0. The first-order valence-corrected chi connectivity index (χ1v) is 10.9. The lowest BCUT2D eigenvalue weighted by Gasteiger charge is -2.28. The topological polar surface area (TPSA) is 83.7 Å². The van der Waals surface area contributed by atoms with Crippen molar-refractivity contribution in [1.29, 1.82) is 0 Å². The predicted octanol–water partition coefficient (Wildman–Crippen LogP) is 5.66. The molecule has 170 valence electrons. The molecule has 1 unspecified atom stereocenters. The van der Waals surface area contributed by atoms with Gasteiger partial charge < -0.3 is 10.0 Å². The Hall–Kier alpha value is -4.45. The third-order valence-electron chi connectivity index (χ3n) is 5.68. The number of hydrogen-bond acceptors (Lipinski definition) is 4. The second kappa shape index (κ2) is 10.4. The van der Waals surface area contributed by atoms with E-state index in [1.807, 2.05) is 60.7 Å². The number of nitro benzene ring substituents is 1. The van der Waals surface area contributed by atoms with Crippen LogP contribution < -0.4 is 0 Å². The van der Waals surface area contributed by atoms with Crippen LogP contribution in [-0.4, -0.2) is 20.8 Å². The number of nitrogens with zero attached hydrogens (tertiary/aromatic N) is 2. The molecule has 0 fully saturated rings. The summed E-state index contributed by atoms with van der Waals surface area (Å²) in [4.78, 5) is 27.2. The lowest BCUT2D eigenvalue weighted by Crippen LogP contribution is -2.35. The summed E-state index contributed by atoms with van der Waals surface area (Å²) in [6, 6.07) is 31.9. The Morgan fingerprint density at radius 1 is 0.735 bits per heavy atom. The molecule has 0 saturated carbocycles. The molecule has 34 heavy (non-hydrogen) atoms. The smallest absolute Gasteiger partial charge is 0.273 e. The Labute approximate surface area is 197 Å². The normalized spacial score (nSPS) is 11.5. The van der Waals surface area contributed by atoms with E-state index in [1.165, 1.54) is 12.1 Å². The van der Waals surface area contributed by atoms with E-state index in [0.29, 0.717) is 18.7 Å². The van der Waals surface area contributed by atoms with Crippen LogP contribution in [-0.2, 0) is 17.9 Å². The fraction of sp³-hybridized carbons (Fsp3) is 0.107. The highest BCUT2D eigenvalue weighted by Gasteiger charge is 2.34. The third-order valence-corrected chi connectivity index (χ3v) is 5.68. The Bertz CT molecular complexity index is 1230. The van der Waals surface area contributed by atoms with Crippen LogP contribution in [0.25, 0.3) is 0 Å². The van der Waals surface area contributed by atoms with Crippen molar-refractivity contribution < 1.29 is 14.8 Å². The number of carbonyl (C=O) groups excluding carboxylic acids is 1. The maximum Gasteiger partial charge on any atom is 0.273 e. The van der Waals surface area contributed by atoms with Crippen molar-refractivity contribution in [3.63, 3.8) is 0 Å². The van der Waals surface area contributed by atoms with Crippen LogP contribution in [0.3, 0.4) is 0 Å². The predicted molar refractivity (Wildman–Crippen MR) is 130 cm³/mol. The second-order valence-electron chi connectivity index (χ2n) is 7.97. The van der Waals surface area contributed by atoms with Gasteiger partial charge in [0.25, 0.3) is 5.69 Å². The molecule has 1 N–H and O–H groups in total. The molecule has 6 nitrogen and oxygen atoms in total. The fourth-order valence-electron chi connectivity index (χ4n) is 4.07. The average Bonchev–Trinajstić information content (AvgIpc) is 2.86. The van der Waals surface area contributed by atoms with E-state index in [2.05, 4.69) is 0 Å². The number of para-hydroxylation sites is 2. The van der Waals surface area contributed by atoms with Gasteiger partial charge in [-0.25, -0.2) is 0 Å². The van der Waals surface area contributed by atoms with Gasteiger partial charge in [0.1, 0.15) is 5.75 Å². The Morgan fingerprint density at radius 2 is 1.21 bits per heavy atom. The molecule has 0 aromatic heterocycles. The van der Waals surface area contributed by atoms with Gasteiger partial charge in [0, 0.05) is 30.3 Å². The summed E-state index contributed by atoms with van der Waals surface area (Å²) in [6.07, 6.45) is 0. The Balaban J connectivity index is 1.83. The highest BCUT2D eigenvalue weighted by molar-refractivity contribution is 5.89. The molecule has 0 spiro atoms. The zero-order chi connectivity index (χ0) is 23.9. The molecule has 0 aliphatic carbocycles. The summed E-state index contributed by atoms with van der Waals surface area (Å²) in [5.41, 5.74) is 2.28. The van der Waals surface area contributed by atoms with E-state index < -0.39 is 10.8 Å². The van der Waals surface area contributed by atoms with E-state index >= 15 is 0 Å². The molecule has 6 heteroatoms. The standard InChI is InChI=1S/C28H24N2O4/c31-26-18-10-8-16-24(26)27(23-15-7-9-17-25(23)30(33)34)28(32)29(19-21-11-3-1-4-12-21)20-22-13-5-2-6-14-22/h1-18,27,31H,19-20H2. The van der Waals surface area contributed by atoms with Crippen molar-refractivity contribution in [2.45, 2.75) is 19.0 Å². The molecule has 4 aromatic carbocycles. The molecule has 1 amide bonds. The minimum Gasteiger partial charge on any atom is -0.508 e. The number of hydrogen-bond donors (Lipinski definition) is 1. The first kappa shape index (κ1) is 22.7. The quantitative estimate of drug-likeness (QED) is 0.276. The lowest BCUT2D eigenvalue weighted by atomic mass is 9.88. The second-order valence-corrected chi connectivity index (χ2v) is 7.97. The van der Waals surface area contributed by atoms with Crippen molar-refractivity contribution in [1.82, 2.24) is 4.90 Å². The molecule has 4 aromatic rings. The van der Waals surface area contributed by atoms with E-state index in [1.54, 1.807) is 41.3 Å². The summed E-state index contributed by atoms with van der Waals surface area (Å²) in [7, 11) is 0. The number of aromatic hydroxyl groups is 1. The summed E-state index contributed by atoms with van der Waals surface area (Å²) in [6.45, 7) is 0.637. The van der Waals surface area contributed by atoms with Gasteiger partial charge >= 0.3 is 0 Å². The van der Waals surface area contributed by atoms with Crippen molar-refractivity contribution >= 4 is 11.6 Å². The fourth-order valence-corrected chi connectivity index (χ4v) is 4.07. The number of phenols is 1. The van der Waals surface area contributed by atoms with Crippen LogP contribution in [0, 0.1) is 10.1 Å². The van der Waals surface area contributed by atoms with Crippen molar-refractivity contribution in [3.05, 3.63) is 142 Å². The molecular formula is C28H24N2O4. The third kappa shape index (κ3) is 5.13. The van der Waals surface area contributed by atoms with Gasteiger partial charge in [0.05, 0.1) is 10.8 Å². The maximum absolute atomic E-state index is 14.2. The molecule has 0 aliphatic heterocycles. The number of carbonyl (C=O) groups is 1. The number of benzene rings is 4. The minimum atomic E-state index is -1.05. The van der Waals surface area contributed by atoms with Crippen molar-refractivity contribution in [3.8, 4) is 5.75 Å². The maximum atomic E-state index is 14.2. The number of nitro groups is 1. The molecule has 0 radical (unpaired) electrons. The number of amides is 1. The SMILES string of the molecule is O=C(C(c1ccccc1O)c1ccccc1[N+](=O)[O-])N(Cc1ccccc1)Cc1ccccc1. The Kier molecular flexibility index (Phi) is 6.98. The molecule has 0 saturated heterocycles.